The Morgan fingerprint density at radius 3 is 2.83 bits per heavy atom. The predicted molar refractivity (Wildman–Crippen MR) is 103 cm³/mol. The van der Waals surface area contributed by atoms with Crippen LogP contribution in [0.15, 0.2) is 31.0 Å². The number of alkyl halides is 2. The second-order valence-electron chi connectivity index (χ2n) is 7.34. The van der Waals surface area contributed by atoms with Crippen molar-refractivity contribution in [3.63, 3.8) is 0 Å². The summed E-state index contributed by atoms with van der Waals surface area (Å²) in [7, 11) is -4.10. The number of H-pyrrole nitrogens is 1. The van der Waals surface area contributed by atoms with Crippen molar-refractivity contribution in [1.82, 2.24) is 29.0 Å². The standard InChI is InChI=1S/C18H18F2N6O2S/c1-3-5-18(9-25(10-18)29(27,28)11-17(2,19)20)26-8-13(7-24-26)15-14-4-6-21-16(14)23-12-22-15/h1,4,6-8,12H,5,9-11H2,2H3,(H,21,22,23). The molecule has 0 aromatic carbocycles. The van der Waals surface area contributed by atoms with Crippen LogP contribution in [0.4, 0.5) is 8.78 Å². The van der Waals surface area contributed by atoms with Gasteiger partial charge in [0, 0.05) is 49.8 Å². The number of terminal acetylenes is 1. The van der Waals surface area contributed by atoms with E-state index in [1.54, 1.807) is 23.3 Å². The molecular weight excluding hydrogens is 402 g/mol. The van der Waals surface area contributed by atoms with Crippen LogP contribution in [-0.4, -0.2) is 62.2 Å². The van der Waals surface area contributed by atoms with Gasteiger partial charge in [0.2, 0.25) is 10.0 Å². The molecule has 4 rings (SSSR count). The number of fused-ring (bicyclic) bond motifs is 1. The quantitative estimate of drug-likeness (QED) is 0.614. The number of aromatic nitrogens is 5. The van der Waals surface area contributed by atoms with Gasteiger partial charge < -0.3 is 4.98 Å². The maximum Gasteiger partial charge on any atom is 0.260 e. The van der Waals surface area contributed by atoms with Gasteiger partial charge >= 0.3 is 0 Å². The van der Waals surface area contributed by atoms with E-state index >= 15 is 0 Å². The van der Waals surface area contributed by atoms with E-state index in [-0.39, 0.29) is 19.5 Å². The number of nitrogens with one attached hydrogen (secondary N) is 1. The molecule has 0 radical (unpaired) electrons. The molecule has 1 aliphatic heterocycles. The van der Waals surface area contributed by atoms with Crippen molar-refractivity contribution in [2.45, 2.75) is 24.8 Å². The van der Waals surface area contributed by atoms with E-state index in [2.05, 4.69) is 26.0 Å². The normalized spacial score (nSPS) is 17.2. The minimum absolute atomic E-state index is 0.0138. The molecule has 3 aromatic rings. The van der Waals surface area contributed by atoms with Crippen molar-refractivity contribution < 1.29 is 17.2 Å². The van der Waals surface area contributed by atoms with Gasteiger partial charge in [-0.1, -0.05) is 0 Å². The molecule has 0 amide bonds. The van der Waals surface area contributed by atoms with Crippen LogP contribution in [-0.2, 0) is 15.6 Å². The van der Waals surface area contributed by atoms with Crippen LogP contribution in [0.2, 0.25) is 0 Å². The molecule has 1 aliphatic rings. The van der Waals surface area contributed by atoms with E-state index < -0.39 is 27.2 Å². The van der Waals surface area contributed by atoms with Gasteiger partial charge in [-0.15, -0.1) is 12.3 Å². The van der Waals surface area contributed by atoms with E-state index in [0.29, 0.717) is 18.3 Å². The first-order valence-electron chi connectivity index (χ1n) is 8.76. The third-order valence-electron chi connectivity index (χ3n) is 4.90. The summed E-state index contributed by atoms with van der Waals surface area (Å²) in [6.07, 6.45) is 12.3. The Morgan fingerprint density at radius 2 is 2.14 bits per heavy atom. The highest BCUT2D eigenvalue weighted by molar-refractivity contribution is 7.89. The van der Waals surface area contributed by atoms with Crippen LogP contribution in [0.1, 0.15) is 13.3 Å². The van der Waals surface area contributed by atoms with Gasteiger partial charge in [-0.2, -0.15) is 9.40 Å². The van der Waals surface area contributed by atoms with Crippen LogP contribution in [0, 0.1) is 12.3 Å². The van der Waals surface area contributed by atoms with Crippen LogP contribution in [0.25, 0.3) is 22.3 Å². The fourth-order valence-electron chi connectivity index (χ4n) is 3.55. The summed E-state index contributed by atoms with van der Waals surface area (Å²) in [5, 5.41) is 5.19. The number of hydrogen-bond donors (Lipinski definition) is 1. The molecule has 1 N–H and O–H groups in total. The molecule has 0 saturated carbocycles. The molecule has 11 heteroatoms. The molecule has 152 valence electrons. The van der Waals surface area contributed by atoms with E-state index in [0.717, 1.165) is 15.3 Å². The highest BCUT2D eigenvalue weighted by Crippen LogP contribution is 2.36. The lowest BCUT2D eigenvalue weighted by Crippen LogP contribution is -2.65. The fourth-order valence-corrected chi connectivity index (χ4v) is 5.25. The molecule has 0 spiro atoms. The molecule has 0 bridgehead atoms. The Labute approximate surface area is 166 Å². The molecule has 4 heterocycles. The van der Waals surface area contributed by atoms with Gasteiger partial charge in [0.15, 0.2) is 0 Å². The number of aromatic amines is 1. The lowest BCUT2D eigenvalue weighted by atomic mass is 9.89. The summed E-state index contributed by atoms with van der Waals surface area (Å²) in [6, 6.07) is 1.85. The van der Waals surface area contributed by atoms with E-state index in [1.165, 1.54) is 6.33 Å². The van der Waals surface area contributed by atoms with Crippen LogP contribution >= 0.6 is 0 Å². The Balaban J connectivity index is 1.62. The van der Waals surface area contributed by atoms with Gasteiger partial charge in [-0.05, 0) is 6.07 Å². The molecule has 3 aromatic heterocycles. The topological polar surface area (TPSA) is 96.8 Å². The number of halogens is 2. The molecule has 0 unspecified atom stereocenters. The monoisotopic (exact) mass is 420 g/mol. The smallest absolute Gasteiger partial charge is 0.260 e. The van der Waals surface area contributed by atoms with Crippen molar-refractivity contribution in [3.05, 3.63) is 31.0 Å². The zero-order chi connectivity index (χ0) is 20.9. The van der Waals surface area contributed by atoms with Crippen LogP contribution in [0.3, 0.4) is 0 Å². The fraction of sp³-hybridized carbons (Fsp3) is 0.389. The lowest BCUT2D eigenvalue weighted by Gasteiger charge is -2.48. The molecule has 29 heavy (non-hydrogen) atoms. The zero-order valence-electron chi connectivity index (χ0n) is 15.5. The second kappa shape index (κ2) is 6.60. The molecule has 1 saturated heterocycles. The van der Waals surface area contributed by atoms with Crippen molar-refractivity contribution in [3.8, 4) is 23.6 Å². The zero-order valence-corrected chi connectivity index (χ0v) is 16.3. The highest BCUT2D eigenvalue weighted by atomic mass is 32.2. The molecule has 0 aliphatic carbocycles. The van der Waals surface area contributed by atoms with Gasteiger partial charge in [0.1, 0.15) is 23.3 Å². The minimum atomic E-state index is -4.10. The van der Waals surface area contributed by atoms with E-state index in [1.807, 2.05) is 6.07 Å². The summed E-state index contributed by atoms with van der Waals surface area (Å²) in [6.45, 7) is 0.558. The third kappa shape index (κ3) is 3.49. The average molecular weight is 420 g/mol. The van der Waals surface area contributed by atoms with Crippen LogP contribution < -0.4 is 0 Å². The molecule has 1 fully saturated rings. The molecule has 8 nitrogen and oxygen atoms in total. The molecule has 0 atom stereocenters. The van der Waals surface area contributed by atoms with Crippen LogP contribution in [0.5, 0.6) is 0 Å². The number of rotatable bonds is 6. The van der Waals surface area contributed by atoms with Gasteiger partial charge in [-0.25, -0.2) is 27.2 Å². The largest absolute Gasteiger partial charge is 0.346 e. The van der Waals surface area contributed by atoms with Crippen molar-refractivity contribution in [2.75, 3.05) is 18.8 Å². The summed E-state index contributed by atoms with van der Waals surface area (Å²) in [5.74, 6) is -2.00. The number of sulfonamides is 1. The lowest BCUT2D eigenvalue weighted by molar-refractivity contribution is 0.0385. The van der Waals surface area contributed by atoms with E-state index in [4.69, 9.17) is 6.42 Å². The summed E-state index contributed by atoms with van der Waals surface area (Å²) < 4.78 is 53.6. The van der Waals surface area contributed by atoms with Crippen molar-refractivity contribution in [2.24, 2.45) is 0 Å². The highest BCUT2D eigenvalue weighted by Gasteiger charge is 2.51. The SMILES string of the molecule is C#CCC1(n2cc(-c3ncnc4[nH]ccc34)cn2)CN(S(=O)(=O)CC(C)(F)F)C1. The first kappa shape index (κ1) is 19.5. The Kier molecular flexibility index (Phi) is 4.43. The Morgan fingerprint density at radius 1 is 1.38 bits per heavy atom. The number of hydrogen-bond acceptors (Lipinski definition) is 5. The number of nitrogens with zero attached hydrogens (tertiary/aromatic N) is 5. The Bertz CT molecular complexity index is 1200. The maximum atomic E-state index is 13.2. The van der Waals surface area contributed by atoms with Crippen molar-refractivity contribution in [1.29, 1.82) is 0 Å². The average Bonchev–Trinajstić information content (AvgIpc) is 3.24. The molecular formula is C18H18F2N6O2S. The Hall–Kier alpha value is -2.84. The summed E-state index contributed by atoms with van der Waals surface area (Å²) >= 11 is 0. The van der Waals surface area contributed by atoms with E-state index in [9.17, 15) is 17.2 Å². The first-order valence-corrected chi connectivity index (χ1v) is 10.4. The first-order chi connectivity index (χ1) is 13.6. The van der Waals surface area contributed by atoms with Gasteiger partial charge in [0.05, 0.1) is 11.9 Å². The summed E-state index contributed by atoms with van der Waals surface area (Å²) in [4.78, 5) is 11.5. The predicted octanol–water partition coefficient (Wildman–Crippen LogP) is 1.84. The maximum absolute atomic E-state index is 13.2. The summed E-state index contributed by atoms with van der Waals surface area (Å²) in [5.41, 5.74) is 1.29. The second-order valence-corrected chi connectivity index (χ2v) is 9.30. The minimum Gasteiger partial charge on any atom is -0.346 e. The third-order valence-corrected chi connectivity index (χ3v) is 6.81. The van der Waals surface area contributed by atoms with Gasteiger partial charge in [0.25, 0.3) is 5.92 Å². The van der Waals surface area contributed by atoms with Crippen molar-refractivity contribution >= 4 is 21.1 Å². The van der Waals surface area contributed by atoms with Gasteiger partial charge in [-0.3, -0.25) is 4.68 Å².